The second-order valence-corrected chi connectivity index (χ2v) is 11.9. The fraction of sp³-hybridized carbons (Fsp3) is 0.290. The summed E-state index contributed by atoms with van der Waals surface area (Å²) >= 11 is 0. The summed E-state index contributed by atoms with van der Waals surface area (Å²) in [7, 11) is -3.61. The first-order valence-electron chi connectivity index (χ1n) is 14.7. The molecule has 3 fully saturated rings. The molecule has 0 radical (unpaired) electrons. The first-order chi connectivity index (χ1) is 21.6. The molecule has 2 saturated heterocycles. The van der Waals surface area contributed by atoms with Gasteiger partial charge in [0.05, 0.1) is 41.0 Å². The Labute approximate surface area is 257 Å². The summed E-state index contributed by atoms with van der Waals surface area (Å²) in [4.78, 5) is 58.1. The number of imide groups is 2. The van der Waals surface area contributed by atoms with E-state index in [0.717, 1.165) is 9.80 Å². The van der Waals surface area contributed by atoms with E-state index in [-0.39, 0.29) is 47.5 Å². The molecule has 7 rings (SSSR count). The van der Waals surface area contributed by atoms with Gasteiger partial charge in [-0.15, -0.1) is 0 Å². The fourth-order valence-corrected chi connectivity index (χ4v) is 7.71. The summed E-state index contributed by atoms with van der Waals surface area (Å²) in [5.41, 5.74) is 1.32. The van der Waals surface area contributed by atoms with E-state index >= 15 is 0 Å². The minimum Gasteiger partial charge on any atom is -0.463 e. The predicted molar refractivity (Wildman–Crippen MR) is 160 cm³/mol. The van der Waals surface area contributed by atoms with Gasteiger partial charge in [-0.25, -0.2) is 0 Å². The Morgan fingerprint density at radius 2 is 1.29 bits per heavy atom. The third-order valence-corrected chi connectivity index (χ3v) is 9.65. The van der Waals surface area contributed by atoms with Gasteiger partial charge in [0.2, 0.25) is 23.6 Å². The Kier molecular flexibility index (Phi) is 7.14. The second kappa shape index (κ2) is 10.9. The topological polar surface area (TPSA) is 189 Å². The molecular weight excluding hydrogens is 582 g/mol. The summed E-state index contributed by atoms with van der Waals surface area (Å²) < 4.78 is 5.94. The first-order valence-corrected chi connectivity index (χ1v) is 14.7. The highest BCUT2D eigenvalue weighted by molar-refractivity contribution is 6.59. The molecule has 14 heteroatoms. The standard InChI is InChI=1S/C31H28B2N2O10/c36-14-19-7-10-24(45-19)26-20-8-9-21-25(30(39)34(28(21)37)17-5-1-3-15(11-17)32(41)42)22(20)13-23-27(26)31(40)35(29(23)38)18-6-2-4-16(12-18)33(43)44/h1-8,10-12,21-23,25-27,36,41-44H,9,13-14H2/t21-,22+,23+,25-,26+,27+/m0/s1. The zero-order chi connectivity index (χ0) is 31.7. The zero-order valence-corrected chi connectivity index (χ0v) is 23.8. The Morgan fingerprint density at radius 3 is 1.84 bits per heavy atom. The molecule has 12 nitrogen and oxygen atoms in total. The average Bonchev–Trinajstić information content (AvgIpc) is 3.69. The van der Waals surface area contributed by atoms with E-state index in [2.05, 4.69) is 0 Å². The SMILES string of the molecule is O=C1[C@H]2[C@H](CC=C3[C@H]2C[C@H]2C(=O)N(c4cccc(B(O)O)c4)C(=O)[C@H]2[C@H]3c2ccc(CO)o2)C(=O)N1c1cccc(B(O)O)c1. The van der Waals surface area contributed by atoms with E-state index in [0.29, 0.717) is 11.3 Å². The maximum absolute atomic E-state index is 14.1. The molecule has 228 valence electrons. The lowest BCUT2D eigenvalue weighted by Crippen LogP contribution is -2.43. The van der Waals surface area contributed by atoms with Crippen molar-refractivity contribution in [3.8, 4) is 0 Å². The number of furan rings is 1. The van der Waals surface area contributed by atoms with Crippen LogP contribution < -0.4 is 20.7 Å². The molecule has 3 heterocycles. The van der Waals surface area contributed by atoms with Gasteiger partial charge < -0.3 is 29.6 Å². The van der Waals surface area contributed by atoms with Gasteiger partial charge >= 0.3 is 14.2 Å². The molecule has 4 amide bonds. The van der Waals surface area contributed by atoms with Crippen LogP contribution in [0.4, 0.5) is 11.4 Å². The molecule has 45 heavy (non-hydrogen) atoms. The van der Waals surface area contributed by atoms with Crippen LogP contribution in [0.5, 0.6) is 0 Å². The van der Waals surface area contributed by atoms with Gasteiger partial charge in [0.15, 0.2) is 0 Å². The number of carbonyl (C=O) groups excluding carboxylic acids is 4. The van der Waals surface area contributed by atoms with E-state index in [4.69, 9.17) is 4.42 Å². The van der Waals surface area contributed by atoms with Crippen molar-refractivity contribution in [2.24, 2.45) is 29.6 Å². The number of fused-ring (bicyclic) bond motifs is 4. The van der Waals surface area contributed by atoms with Crippen molar-refractivity contribution >= 4 is 60.2 Å². The van der Waals surface area contributed by atoms with Gasteiger partial charge in [-0.2, -0.15) is 0 Å². The Hall–Kier alpha value is -4.33. The molecule has 5 N–H and O–H groups in total. The van der Waals surface area contributed by atoms with E-state index in [1.165, 1.54) is 42.5 Å². The van der Waals surface area contributed by atoms with Gasteiger partial charge in [0, 0.05) is 0 Å². The van der Waals surface area contributed by atoms with Crippen LogP contribution in [-0.2, 0) is 25.8 Å². The number of aliphatic hydroxyl groups is 1. The van der Waals surface area contributed by atoms with Crippen LogP contribution in [0.25, 0.3) is 0 Å². The quantitative estimate of drug-likeness (QED) is 0.134. The molecule has 2 aromatic carbocycles. The number of allylic oxidation sites excluding steroid dienone is 2. The van der Waals surface area contributed by atoms with E-state index < -0.39 is 73.4 Å². The Bertz CT molecular complexity index is 1770. The first kappa shape index (κ1) is 29.4. The van der Waals surface area contributed by atoms with Crippen molar-refractivity contribution in [3.63, 3.8) is 0 Å². The molecule has 2 aliphatic heterocycles. The predicted octanol–water partition coefficient (Wildman–Crippen LogP) is -0.823. The highest BCUT2D eigenvalue weighted by Crippen LogP contribution is 2.58. The number of hydrogen-bond donors (Lipinski definition) is 5. The molecule has 6 atom stereocenters. The van der Waals surface area contributed by atoms with Crippen LogP contribution in [0.2, 0.25) is 0 Å². The van der Waals surface area contributed by atoms with Crippen molar-refractivity contribution < 1.29 is 48.8 Å². The average molecular weight is 610 g/mol. The number of hydrogen-bond acceptors (Lipinski definition) is 10. The third kappa shape index (κ3) is 4.51. The van der Waals surface area contributed by atoms with Crippen molar-refractivity contribution in [3.05, 3.63) is 83.8 Å². The number of anilines is 2. The van der Waals surface area contributed by atoms with Crippen LogP contribution in [0.15, 0.2) is 76.7 Å². The Balaban J connectivity index is 1.30. The highest BCUT2D eigenvalue weighted by Gasteiger charge is 2.63. The molecule has 0 spiro atoms. The van der Waals surface area contributed by atoms with Crippen molar-refractivity contribution in [1.29, 1.82) is 0 Å². The number of aliphatic hydroxyl groups excluding tert-OH is 1. The molecule has 0 bridgehead atoms. The summed E-state index contributed by atoms with van der Waals surface area (Å²) in [6.07, 6.45) is 2.19. The Morgan fingerprint density at radius 1 is 0.711 bits per heavy atom. The van der Waals surface area contributed by atoms with Crippen LogP contribution in [-0.4, -0.2) is 63.1 Å². The lowest BCUT2D eigenvalue weighted by atomic mass is 9.58. The van der Waals surface area contributed by atoms with Crippen molar-refractivity contribution in [2.45, 2.75) is 25.4 Å². The van der Waals surface area contributed by atoms with Gasteiger partial charge in [0.25, 0.3) is 0 Å². The van der Waals surface area contributed by atoms with Crippen LogP contribution in [0.1, 0.15) is 30.3 Å². The normalized spacial score (nSPS) is 27.4. The number of amides is 4. The maximum Gasteiger partial charge on any atom is 0.488 e. The van der Waals surface area contributed by atoms with E-state index in [9.17, 15) is 44.4 Å². The van der Waals surface area contributed by atoms with Gasteiger partial charge in [-0.3, -0.25) is 29.0 Å². The monoisotopic (exact) mass is 610 g/mol. The summed E-state index contributed by atoms with van der Waals surface area (Å²) in [5, 5.41) is 48.4. The van der Waals surface area contributed by atoms with Crippen molar-refractivity contribution in [1.82, 2.24) is 0 Å². The fourth-order valence-electron chi connectivity index (χ4n) is 7.71. The molecule has 1 aromatic heterocycles. The molecule has 3 aromatic rings. The van der Waals surface area contributed by atoms with Gasteiger partial charge in [-0.05, 0) is 66.1 Å². The number of rotatable bonds is 6. The maximum atomic E-state index is 14.1. The largest absolute Gasteiger partial charge is 0.488 e. The van der Waals surface area contributed by atoms with Crippen LogP contribution in [0.3, 0.4) is 0 Å². The van der Waals surface area contributed by atoms with Crippen LogP contribution in [0, 0.1) is 29.6 Å². The molecule has 4 aliphatic rings. The minimum absolute atomic E-state index is 0.102. The number of carbonyl (C=O) groups is 4. The van der Waals surface area contributed by atoms with E-state index in [1.807, 2.05) is 6.08 Å². The molecule has 0 unspecified atom stereocenters. The van der Waals surface area contributed by atoms with Crippen LogP contribution >= 0.6 is 0 Å². The minimum atomic E-state index is -1.81. The molecule has 2 aliphatic carbocycles. The van der Waals surface area contributed by atoms with Gasteiger partial charge in [0.1, 0.15) is 18.1 Å². The molecular formula is C31H28B2N2O10. The highest BCUT2D eigenvalue weighted by atomic mass is 16.4. The number of benzene rings is 2. The van der Waals surface area contributed by atoms with Crippen molar-refractivity contribution in [2.75, 3.05) is 9.80 Å². The molecule has 1 saturated carbocycles. The lowest BCUT2D eigenvalue weighted by Gasteiger charge is -2.43. The summed E-state index contributed by atoms with van der Waals surface area (Å²) in [6.45, 7) is -0.382. The smallest absolute Gasteiger partial charge is 0.463 e. The van der Waals surface area contributed by atoms with Gasteiger partial charge in [-0.1, -0.05) is 35.9 Å². The summed E-state index contributed by atoms with van der Waals surface area (Å²) in [6, 6.07) is 15.0. The summed E-state index contributed by atoms with van der Waals surface area (Å²) in [5.74, 6) is -5.98. The second-order valence-electron chi connectivity index (χ2n) is 11.9. The van der Waals surface area contributed by atoms with E-state index in [1.54, 1.807) is 18.2 Å². The zero-order valence-electron chi connectivity index (χ0n) is 23.8. The third-order valence-electron chi connectivity index (χ3n) is 9.65. The number of nitrogens with zero attached hydrogens (tertiary/aromatic N) is 2. The lowest BCUT2D eigenvalue weighted by molar-refractivity contribution is -0.126.